The van der Waals surface area contributed by atoms with E-state index in [1.165, 1.54) is 10.9 Å². The van der Waals surface area contributed by atoms with Gasteiger partial charge < -0.3 is 4.74 Å². The highest BCUT2D eigenvalue weighted by atomic mass is 16.5. The second kappa shape index (κ2) is 5.12. The van der Waals surface area contributed by atoms with Crippen LogP contribution in [0.1, 0.15) is 5.56 Å². The first kappa shape index (κ1) is 12.5. The van der Waals surface area contributed by atoms with E-state index < -0.39 is 0 Å². The first-order chi connectivity index (χ1) is 8.61. The lowest BCUT2D eigenvalue weighted by molar-refractivity contribution is 0.414. The van der Waals surface area contributed by atoms with E-state index in [9.17, 15) is 4.79 Å². The average Bonchev–Trinajstić information content (AvgIpc) is 2.40. The average molecular weight is 236 g/mol. The van der Waals surface area contributed by atoms with Gasteiger partial charge in [-0.1, -0.05) is 17.6 Å². The Labute approximate surface area is 107 Å². The third-order valence-electron chi connectivity index (χ3n) is 2.60. The maximum Gasteiger partial charge on any atom is 0.259 e. The van der Waals surface area contributed by atoms with Gasteiger partial charge in [-0.25, -0.2) is 4.68 Å². The zero-order chi connectivity index (χ0) is 13.1. The van der Waals surface area contributed by atoms with Crippen molar-refractivity contribution < 1.29 is 4.74 Å². The summed E-state index contributed by atoms with van der Waals surface area (Å²) in [7, 11) is 12.7. The van der Waals surface area contributed by atoms with Crippen LogP contribution in [-0.4, -0.2) is 32.6 Å². The fraction of sp³-hybridized carbons (Fsp3) is 0.167. The van der Waals surface area contributed by atoms with Gasteiger partial charge in [0.25, 0.3) is 5.56 Å². The lowest BCUT2D eigenvalue weighted by atomic mass is 9.83. The summed E-state index contributed by atoms with van der Waals surface area (Å²) in [4.78, 5) is 11.8. The number of hydrogen-bond acceptors (Lipinski definition) is 3. The standard InChI is InChI=1S/C12H10B2N2O2/c1-18-9-4-2-8(3-5-9)7-16-12(17)11(14)10(13)6-15-16/h2-6H,7H2,1H3. The number of benzene rings is 1. The maximum absolute atomic E-state index is 11.8. The minimum atomic E-state index is -0.384. The second-order valence-corrected chi connectivity index (χ2v) is 3.82. The molecule has 1 aromatic heterocycles. The molecule has 0 saturated carbocycles. The van der Waals surface area contributed by atoms with E-state index in [0.29, 0.717) is 6.54 Å². The molecule has 18 heavy (non-hydrogen) atoms. The summed E-state index contributed by atoms with van der Waals surface area (Å²) in [6, 6.07) is 7.36. The molecule has 0 amide bonds. The smallest absolute Gasteiger partial charge is 0.259 e. The van der Waals surface area contributed by atoms with Gasteiger partial charge in [-0.05, 0) is 23.2 Å². The summed E-state index contributed by atoms with van der Waals surface area (Å²) in [6.45, 7) is 0.341. The van der Waals surface area contributed by atoms with E-state index in [1.54, 1.807) is 7.11 Å². The Kier molecular flexibility index (Phi) is 3.55. The zero-order valence-electron chi connectivity index (χ0n) is 9.96. The Bertz CT molecular complexity index is 608. The molecule has 2 rings (SSSR count). The van der Waals surface area contributed by atoms with Crippen LogP contribution >= 0.6 is 0 Å². The van der Waals surface area contributed by atoms with Crippen LogP contribution in [0.25, 0.3) is 0 Å². The van der Waals surface area contributed by atoms with Crippen molar-refractivity contribution in [1.82, 2.24) is 9.78 Å². The Hall–Kier alpha value is -1.97. The van der Waals surface area contributed by atoms with Gasteiger partial charge in [0.05, 0.1) is 13.7 Å². The van der Waals surface area contributed by atoms with Crippen molar-refractivity contribution in [3.8, 4) is 5.75 Å². The molecule has 0 unspecified atom stereocenters. The number of hydrogen-bond donors (Lipinski definition) is 0. The molecule has 0 saturated heterocycles. The highest BCUT2D eigenvalue weighted by Crippen LogP contribution is 2.11. The molecule has 0 atom stereocenters. The topological polar surface area (TPSA) is 44.1 Å². The number of rotatable bonds is 3. The summed E-state index contributed by atoms with van der Waals surface area (Å²) in [5.74, 6) is 0.760. The predicted octanol–water partition coefficient (Wildman–Crippen LogP) is -1.11. The quantitative estimate of drug-likeness (QED) is 0.634. The molecule has 86 valence electrons. The van der Waals surface area contributed by atoms with E-state index >= 15 is 0 Å². The van der Waals surface area contributed by atoms with Gasteiger partial charge in [-0.3, -0.25) is 4.79 Å². The number of nitrogens with zero attached hydrogens (tertiary/aromatic N) is 2. The van der Waals surface area contributed by atoms with E-state index in [2.05, 4.69) is 5.10 Å². The van der Waals surface area contributed by atoms with Crippen LogP contribution in [0, 0.1) is 0 Å². The first-order valence-corrected chi connectivity index (χ1v) is 5.36. The van der Waals surface area contributed by atoms with Gasteiger partial charge in [-0.2, -0.15) is 5.10 Å². The van der Waals surface area contributed by atoms with Gasteiger partial charge >= 0.3 is 0 Å². The third kappa shape index (κ3) is 2.47. The number of aromatic nitrogens is 2. The molecule has 6 heteroatoms. The highest BCUT2D eigenvalue weighted by molar-refractivity contribution is 6.48. The van der Waals surface area contributed by atoms with Crippen molar-refractivity contribution in [2.24, 2.45) is 0 Å². The molecule has 4 nitrogen and oxygen atoms in total. The molecule has 0 aliphatic rings. The lowest BCUT2D eigenvalue weighted by Crippen LogP contribution is -2.45. The van der Waals surface area contributed by atoms with Crippen molar-refractivity contribution in [1.29, 1.82) is 0 Å². The van der Waals surface area contributed by atoms with Crippen LogP contribution in [0.3, 0.4) is 0 Å². The minimum absolute atomic E-state index is 0.0264. The fourth-order valence-electron chi connectivity index (χ4n) is 1.53. The highest BCUT2D eigenvalue weighted by Gasteiger charge is 2.04. The van der Waals surface area contributed by atoms with E-state index in [0.717, 1.165) is 11.3 Å². The van der Waals surface area contributed by atoms with Crippen molar-refractivity contribution in [3.63, 3.8) is 0 Å². The normalized spacial score (nSPS) is 10.3. The maximum atomic E-state index is 11.8. The first-order valence-electron chi connectivity index (χ1n) is 5.36. The van der Waals surface area contributed by atoms with Crippen LogP contribution in [0.4, 0.5) is 0 Å². The van der Waals surface area contributed by atoms with Crippen molar-refractivity contribution >= 4 is 26.6 Å². The molecule has 0 aliphatic heterocycles. The molecular weight excluding hydrogens is 226 g/mol. The lowest BCUT2D eigenvalue weighted by Gasteiger charge is -2.08. The summed E-state index contributed by atoms with van der Waals surface area (Å²) in [5.41, 5.74) is 0.768. The molecular formula is C12H10B2N2O2. The van der Waals surface area contributed by atoms with Gasteiger partial charge in [0.15, 0.2) is 0 Å². The number of ether oxygens (including phenoxy) is 1. The van der Waals surface area contributed by atoms with Crippen LogP contribution in [0.2, 0.25) is 0 Å². The van der Waals surface area contributed by atoms with Crippen molar-refractivity contribution in [2.45, 2.75) is 6.54 Å². The Morgan fingerprint density at radius 2 is 1.94 bits per heavy atom. The molecule has 1 aromatic carbocycles. The van der Waals surface area contributed by atoms with Crippen LogP contribution in [0.15, 0.2) is 35.3 Å². The molecule has 0 bridgehead atoms. The van der Waals surface area contributed by atoms with Crippen LogP contribution in [-0.2, 0) is 6.54 Å². The molecule has 1 heterocycles. The van der Waals surface area contributed by atoms with Gasteiger partial charge in [0, 0.05) is 6.20 Å². The third-order valence-corrected chi connectivity index (χ3v) is 2.60. The largest absolute Gasteiger partial charge is 0.497 e. The summed E-state index contributed by atoms with van der Waals surface area (Å²) >= 11 is 0. The van der Waals surface area contributed by atoms with Gasteiger partial charge in [0.2, 0.25) is 0 Å². The zero-order valence-corrected chi connectivity index (χ0v) is 9.96. The van der Waals surface area contributed by atoms with Crippen molar-refractivity contribution in [3.05, 3.63) is 46.4 Å². The van der Waals surface area contributed by atoms with Gasteiger partial charge in [0.1, 0.15) is 21.4 Å². The monoisotopic (exact) mass is 236 g/mol. The molecule has 4 radical (unpaired) electrons. The van der Waals surface area contributed by atoms with Gasteiger partial charge in [-0.15, -0.1) is 0 Å². The Morgan fingerprint density at radius 3 is 2.56 bits per heavy atom. The molecule has 0 fully saturated rings. The Balaban J connectivity index is 2.28. The van der Waals surface area contributed by atoms with Crippen LogP contribution in [0.5, 0.6) is 5.75 Å². The second-order valence-electron chi connectivity index (χ2n) is 3.82. The van der Waals surface area contributed by atoms with E-state index in [-0.39, 0.29) is 16.5 Å². The summed E-state index contributed by atoms with van der Waals surface area (Å²) in [6.07, 6.45) is 1.38. The molecule has 0 N–H and O–H groups in total. The van der Waals surface area contributed by atoms with E-state index in [4.69, 9.17) is 20.4 Å². The van der Waals surface area contributed by atoms with Crippen LogP contribution < -0.4 is 21.2 Å². The minimum Gasteiger partial charge on any atom is -0.497 e. The molecule has 0 spiro atoms. The predicted molar refractivity (Wildman–Crippen MR) is 71.4 cm³/mol. The number of methoxy groups -OCH3 is 1. The fourth-order valence-corrected chi connectivity index (χ4v) is 1.53. The molecule has 2 aromatic rings. The Morgan fingerprint density at radius 1 is 1.28 bits per heavy atom. The summed E-state index contributed by atoms with van der Waals surface area (Å²) in [5, 5.41) is 3.94. The molecule has 0 aliphatic carbocycles. The van der Waals surface area contributed by atoms with E-state index in [1.807, 2.05) is 24.3 Å². The SMILES string of the molecule is [B]c1cnn(Cc2ccc(OC)cc2)c(=O)c1[B]. The summed E-state index contributed by atoms with van der Waals surface area (Å²) < 4.78 is 6.33. The van der Waals surface area contributed by atoms with Crippen molar-refractivity contribution in [2.75, 3.05) is 7.11 Å².